The SMILES string of the molecule is Clc1cccnc1OCC1CCCOC1. The molecule has 1 aromatic rings. The van der Waals surface area contributed by atoms with Gasteiger partial charge >= 0.3 is 0 Å². The van der Waals surface area contributed by atoms with Gasteiger partial charge in [0.05, 0.1) is 13.2 Å². The number of nitrogens with zero attached hydrogens (tertiary/aromatic N) is 1. The summed E-state index contributed by atoms with van der Waals surface area (Å²) in [5.41, 5.74) is 0. The van der Waals surface area contributed by atoms with E-state index in [1.807, 2.05) is 0 Å². The van der Waals surface area contributed by atoms with Crippen molar-refractivity contribution in [3.63, 3.8) is 0 Å². The fourth-order valence-electron chi connectivity index (χ4n) is 1.61. The van der Waals surface area contributed by atoms with Crippen LogP contribution in [0.2, 0.25) is 5.02 Å². The van der Waals surface area contributed by atoms with E-state index >= 15 is 0 Å². The van der Waals surface area contributed by atoms with Crippen molar-refractivity contribution in [2.75, 3.05) is 19.8 Å². The lowest BCUT2D eigenvalue weighted by Gasteiger charge is -2.21. The molecular formula is C11H14ClNO2. The molecule has 1 saturated heterocycles. The second kappa shape index (κ2) is 5.33. The van der Waals surface area contributed by atoms with Crippen LogP contribution in [-0.2, 0) is 4.74 Å². The summed E-state index contributed by atoms with van der Waals surface area (Å²) in [6, 6.07) is 3.57. The highest BCUT2D eigenvalue weighted by Crippen LogP contribution is 2.22. The Kier molecular flexibility index (Phi) is 3.80. The summed E-state index contributed by atoms with van der Waals surface area (Å²) >= 11 is 5.92. The number of rotatable bonds is 3. The number of pyridine rings is 1. The van der Waals surface area contributed by atoms with Gasteiger partial charge in [-0.25, -0.2) is 4.98 Å². The number of ether oxygens (including phenoxy) is 2. The van der Waals surface area contributed by atoms with E-state index in [0.29, 0.717) is 23.4 Å². The van der Waals surface area contributed by atoms with E-state index in [-0.39, 0.29) is 0 Å². The second-order valence-corrected chi connectivity index (χ2v) is 4.09. The number of aromatic nitrogens is 1. The van der Waals surface area contributed by atoms with Gasteiger partial charge in [0.1, 0.15) is 5.02 Å². The molecule has 1 aliphatic rings. The molecule has 2 heterocycles. The molecule has 3 nitrogen and oxygen atoms in total. The fourth-order valence-corrected chi connectivity index (χ4v) is 1.79. The molecule has 0 spiro atoms. The standard InChI is InChI=1S/C11H14ClNO2/c12-10-4-1-5-13-11(10)15-8-9-3-2-6-14-7-9/h1,4-5,9H,2-3,6-8H2. The highest BCUT2D eigenvalue weighted by atomic mass is 35.5. The van der Waals surface area contributed by atoms with Crippen LogP contribution in [0, 0.1) is 5.92 Å². The largest absolute Gasteiger partial charge is 0.476 e. The number of hydrogen-bond acceptors (Lipinski definition) is 3. The molecule has 0 N–H and O–H groups in total. The normalized spacial score (nSPS) is 21.3. The van der Waals surface area contributed by atoms with Crippen LogP contribution in [-0.4, -0.2) is 24.8 Å². The Balaban J connectivity index is 1.84. The van der Waals surface area contributed by atoms with Crippen LogP contribution in [0.25, 0.3) is 0 Å². The van der Waals surface area contributed by atoms with Gasteiger partial charge in [0.25, 0.3) is 0 Å². The first-order valence-corrected chi connectivity index (χ1v) is 5.55. The zero-order chi connectivity index (χ0) is 10.5. The maximum absolute atomic E-state index is 5.92. The minimum atomic E-state index is 0.469. The van der Waals surface area contributed by atoms with Crippen molar-refractivity contribution in [1.29, 1.82) is 0 Å². The van der Waals surface area contributed by atoms with Crippen molar-refractivity contribution in [2.45, 2.75) is 12.8 Å². The van der Waals surface area contributed by atoms with Gasteiger partial charge in [-0.2, -0.15) is 0 Å². The summed E-state index contributed by atoms with van der Waals surface area (Å²) < 4.78 is 10.9. The van der Waals surface area contributed by atoms with E-state index in [1.54, 1.807) is 18.3 Å². The van der Waals surface area contributed by atoms with Gasteiger partial charge in [-0.3, -0.25) is 0 Å². The van der Waals surface area contributed by atoms with Crippen molar-refractivity contribution in [1.82, 2.24) is 4.98 Å². The minimum absolute atomic E-state index is 0.469. The van der Waals surface area contributed by atoms with Crippen LogP contribution in [0.1, 0.15) is 12.8 Å². The minimum Gasteiger partial charge on any atom is -0.476 e. The topological polar surface area (TPSA) is 31.4 Å². The Hall–Kier alpha value is -0.800. The van der Waals surface area contributed by atoms with Crippen molar-refractivity contribution < 1.29 is 9.47 Å². The van der Waals surface area contributed by atoms with Gasteiger partial charge in [-0.15, -0.1) is 0 Å². The molecule has 1 fully saturated rings. The Labute approximate surface area is 94.4 Å². The lowest BCUT2D eigenvalue weighted by atomic mass is 10.0. The van der Waals surface area contributed by atoms with Crippen molar-refractivity contribution in [3.05, 3.63) is 23.4 Å². The van der Waals surface area contributed by atoms with Gasteiger partial charge in [0.2, 0.25) is 5.88 Å². The van der Waals surface area contributed by atoms with Crippen molar-refractivity contribution in [2.24, 2.45) is 5.92 Å². The molecule has 1 unspecified atom stereocenters. The molecule has 1 aromatic heterocycles. The first kappa shape index (κ1) is 10.7. The zero-order valence-corrected chi connectivity index (χ0v) is 9.24. The molecule has 15 heavy (non-hydrogen) atoms. The Morgan fingerprint density at radius 1 is 1.60 bits per heavy atom. The average molecular weight is 228 g/mol. The third kappa shape index (κ3) is 3.08. The van der Waals surface area contributed by atoms with Crippen molar-refractivity contribution in [3.8, 4) is 5.88 Å². The van der Waals surface area contributed by atoms with E-state index in [4.69, 9.17) is 21.1 Å². The summed E-state index contributed by atoms with van der Waals surface area (Å²) in [7, 11) is 0. The highest BCUT2D eigenvalue weighted by Gasteiger charge is 2.15. The average Bonchev–Trinajstić information content (AvgIpc) is 2.29. The lowest BCUT2D eigenvalue weighted by Crippen LogP contribution is -2.23. The molecule has 0 amide bonds. The maximum Gasteiger partial charge on any atom is 0.232 e. The number of hydrogen-bond donors (Lipinski definition) is 0. The third-order valence-corrected chi connectivity index (χ3v) is 2.72. The van der Waals surface area contributed by atoms with Crippen LogP contribution in [0.15, 0.2) is 18.3 Å². The molecule has 0 aromatic carbocycles. The molecule has 1 atom stereocenters. The molecule has 2 rings (SSSR count). The molecule has 0 aliphatic carbocycles. The summed E-state index contributed by atoms with van der Waals surface area (Å²) in [5.74, 6) is 0.988. The van der Waals surface area contributed by atoms with E-state index in [2.05, 4.69) is 4.98 Å². The van der Waals surface area contributed by atoms with Crippen molar-refractivity contribution >= 4 is 11.6 Å². The van der Waals surface area contributed by atoms with Crippen LogP contribution in [0.3, 0.4) is 0 Å². The van der Waals surface area contributed by atoms with E-state index in [9.17, 15) is 0 Å². The van der Waals surface area contributed by atoms with Crippen LogP contribution in [0.4, 0.5) is 0 Å². The van der Waals surface area contributed by atoms with Gasteiger partial charge in [0.15, 0.2) is 0 Å². The summed E-state index contributed by atoms with van der Waals surface area (Å²) in [4.78, 5) is 4.07. The molecule has 4 heteroatoms. The van der Waals surface area contributed by atoms with E-state index in [0.717, 1.165) is 26.1 Å². The lowest BCUT2D eigenvalue weighted by molar-refractivity contribution is 0.0344. The van der Waals surface area contributed by atoms with E-state index in [1.165, 1.54) is 0 Å². The molecule has 0 radical (unpaired) electrons. The first-order valence-electron chi connectivity index (χ1n) is 5.17. The van der Waals surface area contributed by atoms with Crippen LogP contribution in [0.5, 0.6) is 5.88 Å². The fraction of sp³-hybridized carbons (Fsp3) is 0.545. The molecule has 82 valence electrons. The van der Waals surface area contributed by atoms with Crippen LogP contribution >= 0.6 is 11.6 Å². The van der Waals surface area contributed by atoms with Gasteiger partial charge < -0.3 is 9.47 Å². The Bertz CT molecular complexity index is 313. The predicted molar refractivity (Wildman–Crippen MR) is 58.3 cm³/mol. The monoisotopic (exact) mass is 227 g/mol. The zero-order valence-electron chi connectivity index (χ0n) is 8.49. The van der Waals surface area contributed by atoms with Gasteiger partial charge in [-0.1, -0.05) is 11.6 Å². The quantitative estimate of drug-likeness (QED) is 0.795. The van der Waals surface area contributed by atoms with Gasteiger partial charge in [-0.05, 0) is 25.0 Å². The molecule has 0 saturated carbocycles. The predicted octanol–water partition coefficient (Wildman–Crippen LogP) is 2.54. The Morgan fingerprint density at radius 3 is 3.27 bits per heavy atom. The second-order valence-electron chi connectivity index (χ2n) is 3.68. The van der Waals surface area contributed by atoms with Gasteiger partial charge in [0, 0.05) is 18.7 Å². The highest BCUT2D eigenvalue weighted by molar-refractivity contribution is 6.31. The first-order chi connectivity index (χ1) is 7.36. The molecular weight excluding hydrogens is 214 g/mol. The maximum atomic E-state index is 5.92. The molecule has 0 bridgehead atoms. The third-order valence-electron chi connectivity index (χ3n) is 2.44. The summed E-state index contributed by atoms with van der Waals surface area (Å²) in [6.45, 7) is 2.29. The van der Waals surface area contributed by atoms with E-state index < -0.39 is 0 Å². The summed E-state index contributed by atoms with van der Waals surface area (Å²) in [5, 5.41) is 0.564. The Morgan fingerprint density at radius 2 is 2.53 bits per heavy atom. The smallest absolute Gasteiger partial charge is 0.232 e. The summed E-state index contributed by atoms with van der Waals surface area (Å²) in [6.07, 6.45) is 3.95. The van der Waals surface area contributed by atoms with Crippen LogP contribution < -0.4 is 4.74 Å². The molecule has 1 aliphatic heterocycles. The number of halogens is 1.